The number of hydrogen-bond donors (Lipinski definition) is 0. The van der Waals surface area contributed by atoms with E-state index in [4.69, 9.17) is 27.7 Å². The Labute approximate surface area is 90.6 Å². The minimum atomic E-state index is 0.440. The quantitative estimate of drug-likeness (QED) is 0.752. The molecule has 2 rings (SSSR count). The lowest BCUT2D eigenvalue weighted by atomic mass is 10.2. The molecule has 0 fully saturated rings. The van der Waals surface area contributed by atoms with Crippen LogP contribution in [0.3, 0.4) is 0 Å². The van der Waals surface area contributed by atoms with E-state index >= 15 is 0 Å². The molecule has 0 bridgehead atoms. The highest BCUT2D eigenvalue weighted by Gasteiger charge is 2.11. The van der Waals surface area contributed by atoms with Crippen molar-refractivity contribution in [1.29, 1.82) is 0 Å². The van der Waals surface area contributed by atoms with Gasteiger partial charge in [0.25, 0.3) is 0 Å². The number of hydrogen-bond acceptors (Lipinski definition) is 3. The molecule has 3 nitrogen and oxygen atoms in total. The molecule has 0 N–H and O–H groups in total. The van der Waals surface area contributed by atoms with Gasteiger partial charge in [-0.25, -0.2) is 0 Å². The number of benzene rings is 1. The lowest BCUT2D eigenvalue weighted by Crippen LogP contribution is -1.82. The summed E-state index contributed by atoms with van der Waals surface area (Å²) in [5, 5.41) is 4.68. The second-order valence-corrected chi connectivity index (χ2v) is 3.52. The molecule has 0 spiro atoms. The molecule has 0 saturated heterocycles. The number of nitrogens with zero attached hydrogens (tertiary/aromatic N) is 2. The number of rotatable bonds is 1. The van der Waals surface area contributed by atoms with E-state index in [9.17, 15) is 0 Å². The first-order valence-corrected chi connectivity index (χ1v) is 4.69. The van der Waals surface area contributed by atoms with Crippen LogP contribution in [0.5, 0.6) is 0 Å². The van der Waals surface area contributed by atoms with Crippen LogP contribution >= 0.6 is 23.2 Å². The Morgan fingerprint density at radius 1 is 1.29 bits per heavy atom. The molecule has 0 saturated carbocycles. The van der Waals surface area contributed by atoms with E-state index in [0.29, 0.717) is 27.3 Å². The van der Waals surface area contributed by atoms with Crippen LogP contribution in [-0.2, 0) is 0 Å². The molecule has 14 heavy (non-hydrogen) atoms. The van der Waals surface area contributed by atoms with Crippen molar-refractivity contribution >= 4 is 23.2 Å². The van der Waals surface area contributed by atoms with Crippen LogP contribution in [0.15, 0.2) is 22.7 Å². The first kappa shape index (κ1) is 9.49. The maximum atomic E-state index is 5.98. The first-order valence-electron chi connectivity index (χ1n) is 3.93. The summed E-state index contributed by atoms with van der Waals surface area (Å²) in [5.74, 6) is 0.950. The largest absolute Gasteiger partial charge is 0.339 e. The molecule has 0 amide bonds. The third-order valence-corrected chi connectivity index (χ3v) is 2.54. The normalized spacial score (nSPS) is 10.5. The molecule has 2 aromatic rings. The van der Waals surface area contributed by atoms with E-state index in [1.54, 1.807) is 25.1 Å². The molecule has 0 atom stereocenters. The molecule has 72 valence electrons. The lowest BCUT2D eigenvalue weighted by molar-refractivity contribution is 0.394. The summed E-state index contributed by atoms with van der Waals surface area (Å²) in [6.45, 7) is 1.72. The second-order valence-electron chi connectivity index (χ2n) is 2.74. The van der Waals surface area contributed by atoms with Gasteiger partial charge in [-0.05, 0) is 12.1 Å². The second kappa shape index (κ2) is 3.59. The van der Waals surface area contributed by atoms with Crippen LogP contribution in [0.2, 0.25) is 10.0 Å². The third kappa shape index (κ3) is 1.61. The summed E-state index contributed by atoms with van der Waals surface area (Å²) < 4.78 is 4.85. The molecule has 1 aromatic heterocycles. The molecule has 0 aliphatic carbocycles. The van der Waals surface area contributed by atoms with E-state index < -0.39 is 0 Å². The maximum Gasteiger partial charge on any atom is 0.223 e. The van der Waals surface area contributed by atoms with Crippen molar-refractivity contribution in [2.75, 3.05) is 0 Å². The Bertz CT molecular complexity index is 468. The number of aromatic nitrogens is 2. The molecule has 0 unspecified atom stereocenters. The van der Waals surface area contributed by atoms with Crippen molar-refractivity contribution < 1.29 is 4.52 Å². The van der Waals surface area contributed by atoms with Crippen molar-refractivity contribution in [1.82, 2.24) is 10.1 Å². The average Bonchev–Trinajstić information content (AvgIpc) is 2.57. The van der Waals surface area contributed by atoms with E-state index in [1.165, 1.54) is 0 Å². The summed E-state index contributed by atoms with van der Waals surface area (Å²) in [6, 6.07) is 5.29. The molecule has 5 heteroatoms. The van der Waals surface area contributed by atoms with E-state index in [1.807, 2.05) is 0 Å². The van der Waals surface area contributed by atoms with Gasteiger partial charge in [0.2, 0.25) is 11.7 Å². The Kier molecular flexibility index (Phi) is 2.44. The van der Waals surface area contributed by atoms with Gasteiger partial charge in [-0.15, -0.1) is 0 Å². The highest BCUT2D eigenvalue weighted by Crippen LogP contribution is 2.31. The zero-order valence-corrected chi connectivity index (χ0v) is 8.80. The molecule has 0 radical (unpaired) electrons. The SMILES string of the molecule is Cc1nc(-c2cccc(Cl)c2Cl)no1. The monoisotopic (exact) mass is 228 g/mol. The van der Waals surface area contributed by atoms with Gasteiger partial charge in [-0.3, -0.25) is 0 Å². The van der Waals surface area contributed by atoms with E-state index in [-0.39, 0.29) is 0 Å². The van der Waals surface area contributed by atoms with Crippen LogP contribution in [0.4, 0.5) is 0 Å². The minimum Gasteiger partial charge on any atom is -0.339 e. The van der Waals surface area contributed by atoms with Crippen LogP contribution < -0.4 is 0 Å². The standard InChI is InChI=1S/C9H6Cl2N2O/c1-5-12-9(13-14-5)6-3-2-4-7(10)8(6)11/h2-4H,1H3. The predicted octanol–water partition coefficient (Wildman–Crippen LogP) is 3.35. The maximum absolute atomic E-state index is 5.98. The summed E-state index contributed by atoms with van der Waals surface area (Å²) in [5.41, 5.74) is 0.677. The van der Waals surface area contributed by atoms with Crippen LogP contribution in [0.25, 0.3) is 11.4 Å². The predicted molar refractivity (Wildman–Crippen MR) is 54.5 cm³/mol. The van der Waals surface area contributed by atoms with E-state index in [0.717, 1.165) is 0 Å². The van der Waals surface area contributed by atoms with Gasteiger partial charge < -0.3 is 4.52 Å². The summed E-state index contributed by atoms with van der Waals surface area (Å²) >= 11 is 11.8. The molecule has 0 aliphatic heterocycles. The highest BCUT2D eigenvalue weighted by atomic mass is 35.5. The van der Waals surface area contributed by atoms with Gasteiger partial charge in [0.05, 0.1) is 10.0 Å². The average molecular weight is 229 g/mol. The first-order chi connectivity index (χ1) is 6.68. The number of aryl methyl sites for hydroxylation is 1. The fourth-order valence-corrected chi connectivity index (χ4v) is 1.47. The smallest absolute Gasteiger partial charge is 0.223 e. The molecule has 1 aromatic carbocycles. The van der Waals surface area contributed by atoms with Crippen molar-refractivity contribution in [3.05, 3.63) is 34.1 Å². The Balaban J connectivity index is 2.57. The van der Waals surface area contributed by atoms with Gasteiger partial charge >= 0.3 is 0 Å². The van der Waals surface area contributed by atoms with Gasteiger partial charge in [-0.2, -0.15) is 4.98 Å². The summed E-state index contributed by atoms with van der Waals surface area (Å²) in [7, 11) is 0. The number of halogens is 2. The Morgan fingerprint density at radius 3 is 2.71 bits per heavy atom. The van der Waals surface area contributed by atoms with Gasteiger partial charge in [0, 0.05) is 12.5 Å². The van der Waals surface area contributed by atoms with Gasteiger partial charge in [0.15, 0.2) is 0 Å². The molecule has 0 aliphatic rings. The molecular weight excluding hydrogens is 223 g/mol. The third-order valence-electron chi connectivity index (χ3n) is 1.72. The fraction of sp³-hybridized carbons (Fsp3) is 0.111. The van der Waals surface area contributed by atoms with Crippen LogP contribution in [0, 0.1) is 6.92 Å². The van der Waals surface area contributed by atoms with Crippen molar-refractivity contribution in [3.8, 4) is 11.4 Å². The van der Waals surface area contributed by atoms with E-state index in [2.05, 4.69) is 10.1 Å². The van der Waals surface area contributed by atoms with Crippen LogP contribution in [-0.4, -0.2) is 10.1 Å². The van der Waals surface area contributed by atoms with Crippen molar-refractivity contribution in [2.24, 2.45) is 0 Å². The van der Waals surface area contributed by atoms with Crippen LogP contribution in [0.1, 0.15) is 5.89 Å². The van der Waals surface area contributed by atoms with Crippen molar-refractivity contribution in [2.45, 2.75) is 6.92 Å². The molecule has 1 heterocycles. The zero-order valence-electron chi connectivity index (χ0n) is 7.29. The molecular formula is C9H6Cl2N2O. The zero-order chi connectivity index (χ0) is 10.1. The Morgan fingerprint density at radius 2 is 2.07 bits per heavy atom. The topological polar surface area (TPSA) is 38.9 Å². The Hall–Kier alpha value is -1.06. The minimum absolute atomic E-state index is 0.440. The van der Waals surface area contributed by atoms with Gasteiger partial charge in [-0.1, -0.05) is 34.4 Å². The summed E-state index contributed by atoms with van der Waals surface area (Å²) in [6.07, 6.45) is 0. The van der Waals surface area contributed by atoms with Crippen molar-refractivity contribution in [3.63, 3.8) is 0 Å². The summed E-state index contributed by atoms with van der Waals surface area (Å²) in [4.78, 5) is 4.06. The van der Waals surface area contributed by atoms with Gasteiger partial charge in [0.1, 0.15) is 0 Å². The lowest BCUT2D eigenvalue weighted by Gasteiger charge is -1.99. The fourth-order valence-electron chi connectivity index (χ4n) is 1.09. The highest BCUT2D eigenvalue weighted by molar-refractivity contribution is 6.43.